The first-order valence-corrected chi connectivity index (χ1v) is 11.2. The third kappa shape index (κ3) is 5.38. The van der Waals surface area contributed by atoms with Crippen LogP contribution in [0.1, 0.15) is 41.5 Å². The van der Waals surface area contributed by atoms with Crippen LogP contribution in [0.25, 0.3) is 0 Å². The van der Waals surface area contributed by atoms with Gasteiger partial charge >= 0.3 is 5.97 Å². The van der Waals surface area contributed by atoms with Crippen molar-refractivity contribution < 1.29 is 19.1 Å². The lowest BCUT2D eigenvalue weighted by molar-refractivity contribution is -0.137. The van der Waals surface area contributed by atoms with Crippen molar-refractivity contribution in [3.8, 4) is 0 Å². The van der Waals surface area contributed by atoms with Crippen LogP contribution in [-0.4, -0.2) is 29.2 Å². The molecular formula is C27H26FN3O3. The maximum Gasteiger partial charge on any atom is 0.303 e. The highest BCUT2D eigenvalue weighted by molar-refractivity contribution is 6.24. The van der Waals surface area contributed by atoms with E-state index in [9.17, 15) is 14.0 Å². The number of hydrogen-bond donors (Lipinski definition) is 3. The number of carboxylic acids is 1. The maximum absolute atomic E-state index is 13.8. The first kappa shape index (κ1) is 23.3. The lowest BCUT2D eigenvalue weighted by atomic mass is 9.89. The maximum atomic E-state index is 13.8. The van der Waals surface area contributed by atoms with Crippen molar-refractivity contribution in [2.24, 2.45) is 4.99 Å². The fourth-order valence-electron chi connectivity index (χ4n) is 4.04. The molecule has 0 radical (unpaired) electrons. The van der Waals surface area contributed by atoms with Crippen molar-refractivity contribution in [2.45, 2.75) is 32.2 Å². The van der Waals surface area contributed by atoms with Crippen LogP contribution in [-0.2, 0) is 22.6 Å². The molecule has 0 aromatic heterocycles. The molecule has 3 aromatic carbocycles. The van der Waals surface area contributed by atoms with Crippen LogP contribution < -0.4 is 10.6 Å². The molecule has 6 nitrogen and oxygen atoms in total. The molecule has 1 unspecified atom stereocenters. The second-order valence-corrected chi connectivity index (χ2v) is 8.19. The largest absolute Gasteiger partial charge is 0.481 e. The van der Waals surface area contributed by atoms with Gasteiger partial charge < -0.3 is 15.7 Å². The number of benzene rings is 3. The Morgan fingerprint density at radius 2 is 1.88 bits per heavy atom. The average Bonchev–Trinajstić information content (AvgIpc) is 3.15. The topological polar surface area (TPSA) is 90.8 Å². The van der Waals surface area contributed by atoms with Gasteiger partial charge in [-0.2, -0.15) is 0 Å². The van der Waals surface area contributed by atoms with Crippen molar-refractivity contribution >= 4 is 29.0 Å². The molecule has 0 bridgehead atoms. The summed E-state index contributed by atoms with van der Waals surface area (Å²) in [7, 11) is 0. The number of hydrogen-bond acceptors (Lipinski definition) is 4. The Kier molecular flexibility index (Phi) is 7.13. The van der Waals surface area contributed by atoms with Crippen LogP contribution in [0.4, 0.5) is 15.8 Å². The van der Waals surface area contributed by atoms with Crippen LogP contribution in [0, 0.1) is 5.82 Å². The Labute approximate surface area is 197 Å². The molecule has 0 spiro atoms. The smallest absolute Gasteiger partial charge is 0.303 e. The number of amides is 1. The predicted molar refractivity (Wildman–Crippen MR) is 130 cm³/mol. The number of carbonyl (C=O) groups excluding carboxylic acids is 1. The summed E-state index contributed by atoms with van der Waals surface area (Å²) in [6.07, 6.45) is 0.378. The van der Waals surface area contributed by atoms with Gasteiger partial charge in [0.2, 0.25) is 5.91 Å². The van der Waals surface area contributed by atoms with E-state index in [0.717, 1.165) is 29.8 Å². The number of carboxylic acid groups (broad SMARTS) is 1. The van der Waals surface area contributed by atoms with Gasteiger partial charge in [0.05, 0.1) is 11.4 Å². The SMILES string of the molecule is CCNCc1ccc(N=C(c2cccc(CCC(=O)O)c2)C2C(=O)Nc3cc(F)ccc32)cc1. The molecular weight excluding hydrogens is 433 g/mol. The highest BCUT2D eigenvalue weighted by Crippen LogP contribution is 2.37. The van der Waals surface area contributed by atoms with E-state index in [1.54, 1.807) is 6.07 Å². The van der Waals surface area contributed by atoms with Crippen molar-refractivity contribution in [1.82, 2.24) is 5.32 Å². The minimum absolute atomic E-state index is 0.00914. The number of rotatable bonds is 9. The van der Waals surface area contributed by atoms with Crippen LogP contribution in [0.3, 0.4) is 0 Å². The number of anilines is 1. The quantitative estimate of drug-likeness (QED) is 0.401. The Hall–Kier alpha value is -3.84. The number of fused-ring (bicyclic) bond motifs is 1. The number of carbonyl (C=O) groups is 2. The Morgan fingerprint density at radius 1 is 1.09 bits per heavy atom. The van der Waals surface area contributed by atoms with Gasteiger partial charge in [-0.25, -0.2) is 4.39 Å². The lowest BCUT2D eigenvalue weighted by Crippen LogP contribution is -2.22. The fourth-order valence-corrected chi connectivity index (χ4v) is 4.04. The molecule has 0 aliphatic carbocycles. The second-order valence-electron chi connectivity index (χ2n) is 8.19. The standard InChI is InChI=1S/C27H26FN3O3/c1-2-29-16-18-6-10-21(11-7-18)30-26(19-5-3-4-17(14-19)8-13-24(32)33)25-22-12-9-20(28)15-23(22)31-27(25)34/h3-7,9-12,14-15,25,29H,2,8,13,16H2,1H3,(H,31,34)(H,32,33). The first-order chi connectivity index (χ1) is 16.4. The van der Waals surface area contributed by atoms with Crippen molar-refractivity contribution in [1.29, 1.82) is 0 Å². The molecule has 0 saturated carbocycles. The molecule has 4 rings (SSSR count). The van der Waals surface area contributed by atoms with Crippen LogP contribution in [0.15, 0.2) is 71.7 Å². The Balaban J connectivity index is 1.76. The van der Waals surface area contributed by atoms with Gasteiger partial charge in [-0.3, -0.25) is 14.6 Å². The van der Waals surface area contributed by atoms with Crippen molar-refractivity contribution in [3.05, 3.63) is 94.8 Å². The monoisotopic (exact) mass is 459 g/mol. The predicted octanol–water partition coefficient (Wildman–Crippen LogP) is 4.81. The van der Waals surface area contributed by atoms with Gasteiger partial charge in [0.15, 0.2) is 0 Å². The van der Waals surface area contributed by atoms with Crippen molar-refractivity contribution in [2.75, 3.05) is 11.9 Å². The minimum Gasteiger partial charge on any atom is -0.481 e. The molecule has 3 aromatic rings. The third-order valence-corrected chi connectivity index (χ3v) is 5.74. The summed E-state index contributed by atoms with van der Waals surface area (Å²) in [5.74, 6) is -2.29. The summed E-state index contributed by atoms with van der Waals surface area (Å²) in [5, 5.41) is 15.1. The zero-order valence-corrected chi connectivity index (χ0v) is 18.8. The summed E-state index contributed by atoms with van der Waals surface area (Å²) >= 11 is 0. The summed E-state index contributed by atoms with van der Waals surface area (Å²) < 4.78 is 13.8. The molecule has 1 aliphatic heterocycles. The van der Waals surface area contributed by atoms with Gasteiger partial charge in [-0.1, -0.05) is 43.3 Å². The highest BCUT2D eigenvalue weighted by atomic mass is 19.1. The second kappa shape index (κ2) is 10.4. The van der Waals surface area contributed by atoms with E-state index in [1.165, 1.54) is 12.1 Å². The normalized spacial score (nSPS) is 15.2. The number of nitrogens with one attached hydrogen (secondary N) is 2. The number of aliphatic carboxylic acids is 1. The lowest BCUT2D eigenvalue weighted by Gasteiger charge is -2.15. The Bertz CT molecular complexity index is 1240. The van der Waals surface area contributed by atoms with E-state index < -0.39 is 17.7 Å². The molecule has 1 amide bonds. The molecule has 34 heavy (non-hydrogen) atoms. The number of nitrogens with zero attached hydrogens (tertiary/aromatic N) is 1. The third-order valence-electron chi connectivity index (χ3n) is 5.74. The zero-order chi connectivity index (χ0) is 24.1. The molecule has 1 heterocycles. The molecule has 1 aliphatic rings. The van der Waals surface area contributed by atoms with E-state index >= 15 is 0 Å². The molecule has 0 fully saturated rings. The molecule has 3 N–H and O–H groups in total. The number of halogens is 1. The van der Waals surface area contributed by atoms with Gasteiger partial charge in [0.1, 0.15) is 11.7 Å². The molecule has 1 atom stereocenters. The summed E-state index contributed by atoms with van der Waals surface area (Å²) in [6, 6.07) is 19.5. The van der Waals surface area contributed by atoms with Crippen molar-refractivity contribution in [3.63, 3.8) is 0 Å². The first-order valence-electron chi connectivity index (χ1n) is 11.2. The van der Waals surface area contributed by atoms with Crippen LogP contribution in [0.2, 0.25) is 0 Å². The Morgan fingerprint density at radius 3 is 2.62 bits per heavy atom. The zero-order valence-electron chi connectivity index (χ0n) is 18.8. The van der Waals surface area contributed by atoms with Gasteiger partial charge in [-0.05, 0) is 65.6 Å². The minimum atomic E-state index is -0.872. The van der Waals surface area contributed by atoms with Gasteiger partial charge in [0.25, 0.3) is 0 Å². The van der Waals surface area contributed by atoms with E-state index in [1.807, 2.05) is 55.5 Å². The fraction of sp³-hybridized carbons (Fsp3) is 0.222. The molecule has 7 heteroatoms. The molecule has 174 valence electrons. The van der Waals surface area contributed by atoms with Crippen LogP contribution >= 0.6 is 0 Å². The highest BCUT2D eigenvalue weighted by Gasteiger charge is 2.35. The van der Waals surface area contributed by atoms with E-state index in [-0.39, 0.29) is 12.3 Å². The number of aliphatic imine (C=N–C) groups is 1. The van der Waals surface area contributed by atoms with E-state index in [2.05, 4.69) is 10.6 Å². The van der Waals surface area contributed by atoms with Crippen LogP contribution in [0.5, 0.6) is 0 Å². The molecule has 0 saturated heterocycles. The summed E-state index contributed by atoms with van der Waals surface area (Å²) in [5.41, 5.74) is 4.99. The van der Waals surface area contributed by atoms with E-state index in [4.69, 9.17) is 10.1 Å². The average molecular weight is 460 g/mol. The number of aryl methyl sites for hydroxylation is 1. The van der Waals surface area contributed by atoms with Gasteiger partial charge in [-0.15, -0.1) is 0 Å². The van der Waals surface area contributed by atoms with Gasteiger partial charge in [0, 0.05) is 18.7 Å². The van der Waals surface area contributed by atoms with E-state index in [0.29, 0.717) is 29.1 Å². The summed E-state index contributed by atoms with van der Waals surface area (Å²) in [4.78, 5) is 28.9. The summed E-state index contributed by atoms with van der Waals surface area (Å²) in [6.45, 7) is 3.67.